The highest BCUT2D eigenvalue weighted by Gasteiger charge is 2.30. The Bertz CT molecular complexity index is 644. The Morgan fingerprint density at radius 2 is 1.96 bits per heavy atom. The average Bonchev–Trinajstić information content (AvgIpc) is 2.53. The number of carbonyl (C=O) groups excluding carboxylic acids is 3. The van der Waals surface area contributed by atoms with E-state index in [9.17, 15) is 14.4 Å². The highest BCUT2D eigenvalue weighted by molar-refractivity contribution is 5.94. The molecule has 0 saturated carbocycles. The standard InChI is InChI=1S/C17H24N4O3/c1-12(22)20-7-8-21(11-16(18)23)15(10-20)13-5-4-6-14(9-13)17(24)19(2)3/h4-6,9,15H,7-8,10-11H2,1-3H3,(H2,18,23)/t15-/m1/s1. The van der Waals surface area contributed by atoms with E-state index in [1.165, 1.54) is 11.8 Å². The quantitative estimate of drug-likeness (QED) is 0.846. The molecule has 1 aliphatic heterocycles. The third-order valence-electron chi connectivity index (χ3n) is 4.22. The smallest absolute Gasteiger partial charge is 0.253 e. The Morgan fingerprint density at radius 3 is 2.54 bits per heavy atom. The molecule has 7 heteroatoms. The number of rotatable bonds is 4. The van der Waals surface area contributed by atoms with Gasteiger partial charge in [0.1, 0.15) is 0 Å². The minimum absolute atomic E-state index is 0.000697. The molecule has 1 aromatic rings. The molecule has 0 spiro atoms. The largest absolute Gasteiger partial charge is 0.369 e. The molecule has 1 heterocycles. The summed E-state index contributed by atoms with van der Waals surface area (Å²) < 4.78 is 0. The highest BCUT2D eigenvalue weighted by Crippen LogP contribution is 2.26. The van der Waals surface area contributed by atoms with Crippen LogP contribution in [-0.4, -0.2) is 72.7 Å². The van der Waals surface area contributed by atoms with Gasteiger partial charge in [0.2, 0.25) is 11.8 Å². The van der Waals surface area contributed by atoms with Crippen molar-refractivity contribution in [2.75, 3.05) is 40.3 Å². The molecule has 130 valence electrons. The van der Waals surface area contributed by atoms with Crippen LogP contribution in [-0.2, 0) is 9.59 Å². The first-order valence-electron chi connectivity index (χ1n) is 7.89. The molecule has 1 saturated heterocycles. The van der Waals surface area contributed by atoms with Crippen LogP contribution < -0.4 is 5.73 Å². The Morgan fingerprint density at radius 1 is 1.25 bits per heavy atom. The van der Waals surface area contributed by atoms with Gasteiger partial charge in [0.05, 0.1) is 12.6 Å². The Balaban J connectivity index is 2.32. The number of benzene rings is 1. The van der Waals surface area contributed by atoms with E-state index in [2.05, 4.69) is 0 Å². The number of hydrogen-bond acceptors (Lipinski definition) is 4. The molecule has 3 amide bonds. The molecule has 1 aliphatic rings. The number of primary amides is 1. The first-order chi connectivity index (χ1) is 11.3. The number of hydrogen-bond donors (Lipinski definition) is 1. The summed E-state index contributed by atoms with van der Waals surface area (Å²) in [4.78, 5) is 40.5. The van der Waals surface area contributed by atoms with E-state index < -0.39 is 5.91 Å². The van der Waals surface area contributed by atoms with Crippen LogP contribution in [0.3, 0.4) is 0 Å². The predicted octanol–water partition coefficient (Wildman–Crippen LogP) is 0.0789. The molecule has 0 unspecified atom stereocenters. The molecule has 1 atom stereocenters. The molecule has 0 bridgehead atoms. The Labute approximate surface area is 142 Å². The van der Waals surface area contributed by atoms with Crippen LogP contribution in [0.4, 0.5) is 0 Å². The van der Waals surface area contributed by atoms with Gasteiger partial charge in [0, 0.05) is 46.2 Å². The molecular formula is C17H24N4O3. The van der Waals surface area contributed by atoms with Gasteiger partial charge < -0.3 is 15.5 Å². The molecule has 0 aliphatic carbocycles. The van der Waals surface area contributed by atoms with E-state index >= 15 is 0 Å². The van der Waals surface area contributed by atoms with E-state index in [1.807, 2.05) is 23.1 Å². The summed E-state index contributed by atoms with van der Waals surface area (Å²) in [6.07, 6.45) is 0. The average molecular weight is 332 g/mol. The molecule has 2 N–H and O–H groups in total. The number of nitrogens with zero attached hydrogens (tertiary/aromatic N) is 3. The normalized spacial score (nSPS) is 18.3. The van der Waals surface area contributed by atoms with E-state index in [0.717, 1.165) is 5.56 Å². The van der Waals surface area contributed by atoms with Crippen molar-refractivity contribution in [1.29, 1.82) is 0 Å². The third-order valence-corrected chi connectivity index (χ3v) is 4.22. The second-order valence-electron chi connectivity index (χ2n) is 6.24. The summed E-state index contributed by atoms with van der Waals surface area (Å²) in [6, 6.07) is 7.15. The second kappa shape index (κ2) is 7.44. The first kappa shape index (κ1) is 17.9. The SMILES string of the molecule is CC(=O)N1CCN(CC(N)=O)[C@@H](c2cccc(C(=O)N(C)C)c2)C1. The van der Waals surface area contributed by atoms with Crippen LogP contribution in [0.15, 0.2) is 24.3 Å². The van der Waals surface area contributed by atoms with Gasteiger partial charge in [-0.1, -0.05) is 12.1 Å². The van der Waals surface area contributed by atoms with Crippen molar-refractivity contribution < 1.29 is 14.4 Å². The number of nitrogens with two attached hydrogens (primary N) is 1. The van der Waals surface area contributed by atoms with Crippen LogP contribution >= 0.6 is 0 Å². The van der Waals surface area contributed by atoms with Gasteiger partial charge >= 0.3 is 0 Å². The highest BCUT2D eigenvalue weighted by atomic mass is 16.2. The van der Waals surface area contributed by atoms with Gasteiger partial charge in [-0.25, -0.2) is 0 Å². The van der Waals surface area contributed by atoms with Crippen LogP contribution in [0, 0.1) is 0 Å². The summed E-state index contributed by atoms with van der Waals surface area (Å²) in [5.41, 5.74) is 6.83. The minimum atomic E-state index is -0.406. The third kappa shape index (κ3) is 4.11. The second-order valence-corrected chi connectivity index (χ2v) is 6.24. The molecule has 24 heavy (non-hydrogen) atoms. The van der Waals surface area contributed by atoms with E-state index in [1.54, 1.807) is 25.1 Å². The Kier molecular flexibility index (Phi) is 5.56. The van der Waals surface area contributed by atoms with E-state index in [4.69, 9.17) is 5.73 Å². The van der Waals surface area contributed by atoms with Gasteiger partial charge in [0.15, 0.2) is 0 Å². The minimum Gasteiger partial charge on any atom is -0.369 e. The molecule has 0 aromatic heterocycles. The van der Waals surface area contributed by atoms with Crippen molar-refractivity contribution >= 4 is 17.7 Å². The number of amides is 3. The lowest BCUT2D eigenvalue weighted by Gasteiger charge is -2.41. The number of carbonyl (C=O) groups is 3. The van der Waals surface area contributed by atoms with Crippen molar-refractivity contribution in [2.45, 2.75) is 13.0 Å². The van der Waals surface area contributed by atoms with Gasteiger partial charge in [-0.05, 0) is 17.7 Å². The fraction of sp³-hybridized carbons (Fsp3) is 0.471. The van der Waals surface area contributed by atoms with Gasteiger partial charge in [-0.3, -0.25) is 19.3 Å². The topological polar surface area (TPSA) is 87.0 Å². The van der Waals surface area contributed by atoms with Gasteiger partial charge in [-0.15, -0.1) is 0 Å². The molecule has 1 aromatic carbocycles. The maximum Gasteiger partial charge on any atom is 0.253 e. The maximum absolute atomic E-state index is 12.2. The summed E-state index contributed by atoms with van der Waals surface area (Å²) in [5.74, 6) is -0.492. The van der Waals surface area contributed by atoms with Crippen molar-refractivity contribution in [1.82, 2.24) is 14.7 Å². The molecule has 0 radical (unpaired) electrons. The van der Waals surface area contributed by atoms with Crippen molar-refractivity contribution in [2.24, 2.45) is 5.73 Å². The lowest BCUT2D eigenvalue weighted by Crippen LogP contribution is -2.51. The van der Waals surface area contributed by atoms with Gasteiger partial charge in [-0.2, -0.15) is 0 Å². The maximum atomic E-state index is 12.2. The lowest BCUT2D eigenvalue weighted by atomic mass is 9.99. The van der Waals surface area contributed by atoms with Crippen molar-refractivity contribution in [3.05, 3.63) is 35.4 Å². The van der Waals surface area contributed by atoms with Gasteiger partial charge in [0.25, 0.3) is 5.91 Å². The summed E-state index contributed by atoms with van der Waals surface area (Å²) in [7, 11) is 3.40. The first-order valence-corrected chi connectivity index (χ1v) is 7.89. The fourth-order valence-electron chi connectivity index (χ4n) is 2.95. The zero-order valence-electron chi connectivity index (χ0n) is 14.4. The number of piperazine rings is 1. The van der Waals surface area contributed by atoms with E-state index in [0.29, 0.717) is 25.2 Å². The Hall–Kier alpha value is -2.41. The molecule has 2 rings (SSSR count). The zero-order chi connectivity index (χ0) is 17.9. The summed E-state index contributed by atoms with van der Waals surface area (Å²) >= 11 is 0. The zero-order valence-corrected chi connectivity index (χ0v) is 14.4. The van der Waals surface area contributed by atoms with Crippen LogP contribution in [0.5, 0.6) is 0 Å². The molecular weight excluding hydrogens is 308 g/mol. The van der Waals surface area contributed by atoms with E-state index in [-0.39, 0.29) is 24.4 Å². The van der Waals surface area contributed by atoms with Crippen molar-refractivity contribution in [3.8, 4) is 0 Å². The van der Waals surface area contributed by atoms with Crippen LogP contribution in [0.1, 0.15) is 28.9 Å². The molecule has 7 nitrogen and oxygen atoms in total. The lowest BCUT2D eigenvalue weighted by molar-refractivity contribution is -0.132. The van der Waals surface area contributed by atoms with Crippen molar-refractivity contribution in [3.63, 3.8) is 0 Å². The van der Waals surface area contributed by atoms with Crippen LogP contribution in [0.25, 0.3) is 0 Å². The summed E-state index contributed by atoms with van der Waals surface area (Å²) in [6.45, 7) is 3.27. The fourth-order valence-corrected chi connectivity index (χ4v) is 2.95. The molecule has 1 fully saturated rings. The predicted molar refractivity (Wildman–Crippen MR) is 90.2 cm³/mol. The summed E-state index contributed by atoms with van der Waals surface area (Å²) in [5, 5.41) is 0. The monoisotopic (exact) mass is 332 g/mol. The van der Waals surface area contributed by atoms with Crippen LogP contribution in [0.2, 0.25) is 0 Å².